The maximum Gasteiger partial charge on any atom is 0.0880 e. The van der Waals surface area contributed by atoms with Gasteiger partial charge >= 0.3 is 0 Å². The smallest absolute Gasteiger partial charge is 0.0880 e. The van der Waals surface area contributed by atoms with Gasteiger partial charge in [-0.3, -0.25) is 0 Å². The molecule has 1 aliphatic carbocycles. The molecule has 1 aliphatic rings. The Hall–Kier alpha value is -0.300. The molecule has 0 aromatic heterocycles. The maximum absolute atomic E-state index is 10.3. The second-order valence-corrected chi connectivity index (χ2v) is 4.88. The Morgan fingerprint density at radius 2 is 1.83 bits per heavy atom. The number of allylic oxidation sites excluding steroid dienone is 1. The average Bonchev–Trinajstić information content (AvgIpc) is 2.05. The van der Waals surface area contributed by atoms with Gasteiger partial charge in [0, 0.05) is 0 Å². The van der Waals surface area contributed by atoms with Gasteiger partial charge in [-0.25, -0.2) is 0 Å². The standard InChI is InChI=1S/C11H20O/c1-9(2)8-11(12)7-5-6-10(11,3)4/h8,12H,5-7H2,1-4H3. The van der Waals surface area contributed by atoms with Crippen molar-refractivity contribution in [1.82, 2.24) is 0 Å². The summed E-state index contributed by atoms with van der Waals surface area (Å²) in [5.74, 6) is 0. The third-order valence-electron chi connectivity index (χ3n) is 3.06. The molecule has 1 unspecified atom stereocenters. The molecule has 1 fully saturated rings. The van der Waals surface area contributed by atoms with Crippen molar-refractivity contribution >= 4 is 0 Å². The van der Waals surface area contributed by atoms with Gasteiger partial charge in [-0.2, -0.15) is 0 Å². The number of aliphatic hydroxyl groups is 1. The van der Waals surface area contributed by atoms with Crippen molar-refractivity contribution in [2.75, 3.05) is 0 Å². The lowest BCUT2D eigenvalue weighted by Crippen LogP contribution is -2.37. The summed E-state index contributed by atoms with van der Waals surface area (Å²) >= 11 is 0. The van der Waals surface area contributed by atoms with Crippen LogP contribution in [-0.2, 0) is 0 Å². The highest BCUT2D eigenvalue weighted by Gasteiger charge is 2.45. The Balaban J connectivity index is 2.90. The van der Waals surface area contributed by atoms with Crippen LogP contribution in [0.3, 0.4) is 0 Å². The lowest BCUT2D eigenvalue weighted by Gasteiger charge is -2.34. The van der Waals surface area contributed by atoms with Crippen molar-refractivity contribution in [2.24, 2.45) is 5.41 Å². The minimum absolute atomic E-state index is 0.0598. The van der Waals surface area contributed by atoms with Crippen molar-refractivity contribution in [2.45, 2.75) is 52.6 Å². The Labute approximate surface area is 75.5 Å². The van der Waals surface area contributed by atoms with Crippen LogP contribution in [0.4, 0.5) is 0 Å². The summed E-state index contributed by atoms with van der Waals surface area (Å²) in [5, 5.41) is 10.3. The Bertz CT molecular complexity index is 199. The van der Waals surface area contributed by atoms with E-state index >= 15 is 0 Å². The summed E-state index contributed by atoms with van der Waals surface area (Å²) in [5.41, 5.74) is 0.725. The van der Waals surface area contributed by atoms with Crippen LogP contribution >= 0.6 is 0 Å². The van der Waals surface area contributed by atoms with Crippen LogP contribution in [0, 0.1) is 5.41 Å². The highest BCUT2D eigenvalue weighted by Crippen LogP contribution is 2.47. The molecular weight excluding hydrogens is 148 g/mol. The minimum Gasteiger partial charge on any atom is -0.385 e. The molecule has 0 bridgehead atoms. The van der Waals surface area contributed by atoms with Crippen LogP contribution in [0.5, 0.6) is 0 Å². The fourth-order valence-electron chi connectivity index (χ4n) is 2.10. The molecule has 1 nitrogen and oxygen atoms in total. The summed E-state index contributed by atoms with van der Waals surface area (Å²) in [6, 6.07) is 0. The van der Waals surface area contributed by atoms with E-state index in [1.807, 2.05) is 19.9 Å². The third-order valence-corrected chi connectivity index (χ3v) is 3.06. The Morgan fingerprint density at radius 1 is 1.25 bits per heavy atom. The molecule has 0 spiro atoms. The van der Waals surface area contributed by atoms with Crippen molar-refractivity contribution in [3.63, 3.8) is 0 Å². The lowest BCUT2D eigenvalue weighted by atomic mass is 9.77. The van der Waals surface area contributed by atoms with E-state index in [-0.39, 0.29) is 5.41 Å². The molecule has 1 atom stereocenters. The van der Waals surface area contributed by atoms with Crippen molar-refractivity contribution in [1.29, 1.82) is 0 Å². The van der Waals surface area contributed by atoms with E-state index in [4.69, 9.17) is 0 Å². The topological polar surface area (TPSA) is 20.2 Å². The first-order valence-corrected chi connectivity index (χ1v) is 4.76. The van der Waals surface area contributed by atoms with Gasteiger partial charge in [0.15, 0.2) is 0 Å². The highest BCUT2D eigenvalue weighted by atomic mass is 16.3. The normalized spacial score (nSPS) is 33.4. The minimum atomic E-state index is -0.550. The zero-order valence-corrected chi connectivity index (χ0v) is 8.65. The van der Waals surface area contributed by atoms with Crippen LogP contribution < -0.4 is 0 Å². The Morgan fingerprint density at radius 3 is 2.17 bits per heavy atom. The van der Waals surface area contributed by atoms with Gasteiger partial charge in [0.1, 0.15) is 0 Å². The first-order valence-electron chi connectivity index (χ1n) is 4.76. The Kier molecular flexibility index (Phi) is 2.35. The van der Waals surface area contributed by atoms with Gasteiger partial charge in [0.05, 0.1) is 5.60 Å². The van der Waals surface area contributed by atoms with Gasteiger partial charge in [0.2, 0.25) is 0 Å². The first-order chi connectivity index (χ1) is 5.37. The molecule has 70 valence electrons. The predicted molar refractivity (Wildman–Crippen MR) is 52.0 cm³/mol. The molecule has 1 saturated carbocycles. The molecule has 0 saturated heterocycles. The monoisotopic (exact) mass is 168 g/mol. The molecule has 0 aliphatic heterocycles. The zero-order valence-electron chi connectivity index (χ0n) is 8.65. The number of hydrogen-bond acceptors (Lipinski definition) is 1. The summed E-state index contributed by atoms with van der Waals surface area (Å²) in [4.78, 5) is 0. The molecule has 1 heteroatoms. The van der Waals surface area contributed by atoms with Gasteiger partial charge in [-0.1, -0.05) is 25.5 Å². The third kappa shape index (κ3) is 1.56. The highest BCUT2D eigenvalue weighted by molar-refractivity contribution is 5.15. The quantitative estimate of drug-likeness (QED) is 0.597. The van der Waals surface area contributed by atoms with Crippen molar-refractivity contribution in [3.05, 3.63) is 11.6 Å². The second-order valence-electron chi connectivity index (χ2n) is 4.88. The zero-order chi connectivity index (χ0) is 9.41. The number of hydrogen-bond donors (Lipinski definition) is 1. The largest absolute Gasteiger partial charge is 0.385 e. The van der Waals surface area contributed by atoms with E-state index in [9.17, 15) is 5.11 Å². The van der Waals surface area contributed by atoms with Crippen LogP contribution in [0.25, 0.3) is 0 Å². The molecule has 1 N–H and O–H groups in total. The van der Waals surface area contributed by atoms with Crippen LogP contribution in [0.2, 0.25) is 0 Å². The fourth-order valence-corrected chi connectivity index (χ4v) is 2.10. The van der Waals surface area contributed by atoms with E-state index in [2.05, 4.69) is 13.8 Å². The summed E-state index contributed by atoms with van der Waals surface area (Å²) in [7, 11) is 0. The average molecular weight is 168 g/mol. The van der Waals surface area contributed by atoms with Crippen molar-refractivity contribution < 1.29 is 5.11 Å². The molecule has 1 rings (SSSR count). The van der Waals surface area contributed by atoms with Gasteiger partial charge in [0.25, 0.3) is 0 Å². The SMILES string of the molecule is CC(C)=CC1(O)CCCC1(C)C. The maximum atomic E-state index is 10.3. The van der Waals surface area contributed by atoms with Crippen LogP contribution in [-0.4, -0.2) is 10.7 Å². The van der Waals surface area contributed by atoms with E-state index in [1.54, 1.807) is 0 Å². The second kappa shape index (κ2) is 2.88. The molecule has 0 radical (unpaired) electrons. The van der Waals surface area contributed by atoms with E-state index in [1.165, 1.54) is 5.57 Å². The van der Waals surface area contributed by atoms with Gasteiger partial charge < -0.3 is 5.11 Å². The summed E-state index contributed by atoms with van der Waals surface area (Å²) in [6.07, 6.45) is 5.23. The molecule has 0 amide bonds. The van der Waals surface area contributed by atoms with E-state index < -0.39 is 5.60 Å². The van der Waals surface area contributed by atoms with E-state index in [0.717, 1.165) is 19.3 Å². The fraction of sp³-hybridized carbons (Fsp3) is 0.818. The van der Waals surface area contributed by atoms with Gasteiger partial charge in [-0.15, -0.1) is 0 Å². The van der Waals surface area contributed by atoms with Gasteiger partial charge in [-0.05, 0) is 38.5 Å². The first kappa shape index (κ1) is 9.79. The van der Waals surface area contributed by atoms with Crippen molar-refractivity contribution in [3.8, 4) is 0 Å². The molecule has 0 aromatic carbocycles. The predicted octanol–water partition coefficient (Wildman–Crippen LogP) is 2.89. The number of rotatable bonds is 1. The van der Waals surface area contributed by atoms with Crippen LogP contribution in [0.1, 0.15) is 47.0 Å². The molecule has 0 aromatic rings. The lowest BCUT2D eigenvalue weighted by molar-refractivity contribution is 0.00199. The molecular formula is C11H20O. The molecule has 0 heterocycles. The molecule has 12 heavy (non-hydrogen) atoms. The summed E-state index contributed by atoms with van der Waals surface area (Å²) < 4.78 is 0. The summed E-state index contributed by atoms with van der Waals surface area (Å²) in [6.45, 7) is 8.40. The van der Waals surface area contributed by atoms with Crippen LogP contribution in [0.15, 0.2) is 11.6 Å². The van der Waals surface area contributed by atoms with E-state index in [0.29, 0.717) is 0 Å².